The van der Waals surface area contributed by atoms with Gasteiger partial charge in [0, 0.05) is 17.2 Å². The summed E-state index contributed by atoms with van der Waals surface area (Å²) in [6.45, 7) is 3.30. The first-order valence-electron chi connectivity index (χ1n) is 8.92. The summed E-state index contributed by atoms with van der Waals surface area (Å²) in [5, 5.41) is 9.65. The van der Waals surface area contributed by atoms with Crippen LogP contribution >= 0.6 is 0 Å². The minimum atomic E-state index is -1.00. The van der Waals surface area contributed by atoms with Crippen molar-refractivity contribution in [1.82, 2.24) is 0 Å². The summed E-state index contributed by atoms with van der Waals surface area (Å²) in [4.78, 5) is 11.2. The number of fused-ring (bicyclic) bond motifs is 3. The molecule has 0 unspecified atom stereocenters. The Morgan fingerprint density at radius 1 is 0.897 bits per heavy atom. The lowest BCUT2D eigenvalue weighted by molar-refractivity contribution is -0.128. The number of rotatable bonds is 4. The third-order valence-electron chi connectivity index (χ3n) is 4.80. The van der Waals surface area contributed by atoms with Crippen LogP contribution in [0, 0.1) is 0 Å². The van der Waals surface area contributed by atoms with Crippen molar-refractivity contribution < 1.29 is 23.4 Å². The zero-order valence-corrected chi connectivity index (χ0v) is 15.3. The van der Waals surface area contributed by atoms with Gasteiger partial charge in [0.05, 0.1) is 0 Å². The van der Waals surface area contributed by atoms with Gasteiger partial charge in [0.15, 0.2) is 11.7 Å². The summed E-state index contributed by atoms with van der Waals surface area (Å²) in [7, 11) is 0. The van der Waals surface area contributed by atoms with Crippen LogP contribution in [0.25, 0.3) is 22.8 Å². The second kappa shape index (κ2) is 7.36. The molecule has 1 N–H and O–H groups in total. The van der Waals surface area contributed by atoms with Crippen molar-refractivity contribution in [2.75, 3.05) is 0 Å². The van der Waals surface area contributed by atoms with Crippen molar-refractivity contribution in [3.05, 3.63) is 95.6 Å². The van der Waals surface area contributed by atoms with Crippen molar-refractivity contribution in [3.63, 3.8) is 0 Å². The molecule has 0 fully saturated rings. The number of carbonyl (C=O) groups excluding carboxylic acids is 1. The minimum absolute atomic E-state index is 0.0367. The predicted octanol–water partition coefficient (Wildman–Crippen LogP) is 5.82. The molecule has 29 heavy (non-hydrogen) atoms. The maximum atomic E-state index is 14.8. The highest BCUT2D eigenvalue weighted by atomic mass is 19.2. The first kappa shape index (κ1) is 18.6. The number of halogens is 2. The Labute approximate surface area is 166 Å². The summed E-state index contributed by atoms with van der Waals surface area (Å²) in [5.74, 6) is -2.21. The summed E-state index contributed by atoms with van der Waals surface area (Å²) >= 11 is 0. The fourth-order valence-electron chi connectivity index (χ4n) is 3.41. The van der Waals surface area contributed by atoms with Gasteiger partial charge in [-0.3, -0.25) is 0 Å². The normalized spacial score (nSPS) is 12.6. The van der Waals surface area contributed by atoms with Crippen molar-refractivity contribution >= 4 is 17.6 Å². The molecule has 0 spiro atoms. The molecule has 3 nitrogen and oxygen atoms in total. The van der Waals surface area contributed by atoms with Gasteiger partial charge in [-0.15, -0.1) is 0 Å². The van der Waals surface area contributed by atoms with E-state index in [2.05, 4.69) is 6.58 Å². The van der Waals surface area contributed by atoms with Crippen LogP contribution in [0.2, 0.25) is 0 Å². The Kier molecular flexibility index (Phi) is 4.72. The quantitative estimate of drug-likeness (QED) is 0.207. The molecule has 144 valence electrons. The number of ether oxygens (including phenoxy) is 1. The Hall–Kier alpha value is -3.73. The number of esters is 1. The number of phenols is 1. The van der Waals surface area contributed by atoms with Crippen LogP contribution in [-0.4, -0.2) is 11.1 Å². The van der Waals surface area contributed by atoms with Gasteiger partial charge in [0.1, 0.15) is 11.5 Å². The van der Waals surface area contributed by atoms with E-state index in [1.165, 1.54) is 30.3 Å². The molecule has 0 amide bonds. The molecular weight excluding hydrogens is 374 g/mol. The number of aromatic hydroxyl groups is 1. The van der Waals surface area contributed by atoms with Crippen LogP contribution in [0.1, 0.15) is 22.3 Å². The van der Waals surface area contributed by atoms with Crippen LogP contribution in [0.5, 0.6) is 11.5 Å². The molecule has 0 bridgehead atoms. The fourth-order valence-corrected chi connectivity index (χ4v) is 3.41. The smallest absolute Gasteiger partial charge is 0.335 e. The van der Waals surface area contributed by atoms with Gasteiger partial charge in [-0.05, 0) is 71.1 Å². The maximum Gasteiger partial charge on any atom is 0.335 e. The van der Waals surface area contributed by atoms with E-state index in [4.69, 9.17) is 4.74 Å². The molecule has 4 rings (SSSR count). The largest absolute Gasteiger partial charge is 0.508 e. The monoisotopic (exact) mass is 390 g/mol. The van der Waals surface area contributed by atoms with Gasteiger partial charge >= 0.3 is 5.97 Å². The predicted molar refractivity (Wildman–Crippen MR) is 108 cm³/mol. The molecule has 5 heteroatoms. The number of carbonyl (C=O) groups is 1. The Morgan fingerprint density at radius 3 is 2.17 bits per heavy atom. The summed E-state index contributed by atoms with van der Waals surface area (Å²) in [6.07, 6.45) is 1.56. The van der Waals surface area contributed by atoms with Crippen molar-refractivity contribution in [2.45, 2.75) is 6.42 Å². The zero-order valence-electron chi connectivity index (χ0n) is 15.3. The molecule has 1 aliphatic carbocycles. The third-order valence-corrected chi connectivity index (χ3v) is 4.80. The Bertz CT molecular complexity index is 1160. The molecule has 0 atom stereocenters. The molecule has 0 heterocycles. The highest BCUT2D eigenvalue weighted by Crippen LogP contribution is 2.40. The molecule has 0 radical (unpaired) electrons. The Balaban J connectivity index is 1.62. The van der Waals surface area contributed by atoms with E-state index in [9.17, 15) is 18.7 Å². The van der Waals surface area contributed by atoms with Gasteiger partial charge in [-0.1, -0.05) is 24.8 Å². The first-order chi connectivity index (χ1) is 14.0. The van der Waals surface area contributed by atoms with Crippen molar-refractivity contribution in [1.29, 1.82) is 0 Å². The van der Waals surface area contributed by atoms with Gasteiger partial charge in [0.25, 0.3) is 0 Å². The van der Waals surface area contributed by atoms with Crippen LogP contribution in [0.4, 0.5) is 8.78 Å². The van der Waals surface area contributed by atoms with Gasteiger partial charge in [-0.2, -0.15) is 0 Å². The average molecular weight is 390 g/mol. The molecule has 3 aromatic rings. The molecule has 0 aromatic heterocycles. The maximum absolute atomic E-state index is 14.8. The Morgan fingerprint density at radius 2 is 1.48 bits per heavy atom. The van der Waals surface area contributed by atoms with Crippen LogP contribution in [-0.2, 0) is 11.2 Å². The third kappa shape index (κ3) is 3.55. The second-order valence-corrected chi connectivity index (χ2v) is 6.67. The van der Waals surface area contributed by atoms with Crippen molar-refractivity contribution in [3.8, 4) is 22.6 Å². The number of benzene rings is 3. The van der Waals surface area contributed by atoms with Gasteiger partial charge in [-0.25, -0.2) is 13.6 Å². The summed E-state index contributed by atoms with van der Waals surface area (Å²) in [6, 6.07) is 15.5. The lowest BCUT2D eigenvalue weighted by Crippen LogP contribution is -2.02. The lowest BCUT2D eigenvalue weighted by atomic mass is 10.0. The van der Waals surface area contributed by atoms with E-state index in [0.717, 1.165) is 28.3 Å². The van der Waals surface area contributed by atoms with E-state index >= 15 is 0 Å². The van der Waals surface area contributed by atoms with Crippen LogP contribution < -0.4 is 4.74 Å². The van der Waals surface area contributed by atoms with E-state index in [0.29, 0.717) is 6.42 Å². The van der Waals surface area contributed by atoms with E-state index in [-0.39, 0.29) is 22.6 Å². The highest BCUT2D eigenvalue weighted by molar-refractivity contribution is 5.86. The molecule has 1 aliphatic rings. The van der Waals surface area contributed by atoms with Crippen LogP contribution in [0.3, 0.4) is 0 Å². The molecule has 0 saturated carbocycles. The fraction of sp³-hybridized carbons (Fsp3) is 0.0417. The molecular formula is C24H16F2O3. The van der Waals surface area contributed by atoms with Gasteiger partial charge < -0.3 is 9.84 Å². The molecule has 3 aromatic carbocycles. The summed E-state index contributed by atoms with van der Waals surface area (Å²) < 4.78 is 34.4. The topological polar surface area (TPSA) is 46.5 Å². The van der Waals surface area contributed by atoms with Crippen molar-refractivity contribution in [2.24, 2.45) is 0 Å². The van der Waals surface area contributed by atoms with Crippen LogP contribution in [0.15, 0.2) is 73.3 Å². The van der Waals surface area contributed by atoms with Gasteiger partial charge in [0.2, 0.25) is 0 Å². The van der Waals surface area contributed by atoms with E-state index < -0.39 is 17.6 Å². The SMILES string of the molecule is C=CC(=O)Oc1ccc(/C(F)=C(\F)c2ccc3c(c2)Cc2cc(O)ccc2-3)cc1. The number of hydrogen-bond donors (Lipinski definition) is 1. The number of phenolic OH excluding ortho intramolecular Hbond substituents is 1. The number of hydrogen-bond acceptors (Lipinski definition) is 3. The molecule has 0 aliphatic heterocycles. The second-order valence-electron chi connectivity index (χ2n) is 6.67. The standard InChI is InChI=1S/C24H16F2O3/c1-2-22(28)29-19-7-3-14(4-8-19)23(25)24(26)15-5-9-20-16(11-15)12-17-13-18(27)6-10-21(17)20/h2-11,13,27H,1,12H2/b24-23+. The molecule has 0 saturated heterocycles. The highest BCUT2D eigenvalue weighted by Gasteiger charge is 2.21. The first-order valence-corrected chi connectivity index (χ1v) is 8.92. The lowest BCUT2D eigenvalue weighted by Gasteiger charge is -2.07. The van der Waals surface area contributed by atoms with E-state index in [1.807, 2.05) is 6.07 Å². The zero-order chi connectivity index (χ0) is 20.5. The average Bonchev–Trinajstić information content (AvgIpc) is 3.09. The summed E-state index contributed by atoms with van der Waals surface area (Å²) in [5.41, 5.74) is 3.93. The van der Waals surface area contributed by atoms with E-state index in [1.54, 1.807) is 24.3 Å². The minimum Gasteiger partial charge on any atom is -0.508 e.